The number of carboxylic acids is 1. The van der Waals surface area contributed by atoms with Crippen LogP contribution >= 0.6 is 11.6 Å². The summed E-state index contributed by atoms with van der Waals surface area (Å²) in [5, 5.41) is 26.4. The fraction of sp³-hybridized carbons (Fsp3) is 0.250. The molecule has 0 saturated heterocycles. The lowest BCUT2D eigenvalue weighted by molar-refractivity contribution is -0.153. The van der Waals surface area contributed by atoms with E-state index >= 15 is 0 Å². The lowest BCUT2D eigenvalue weighted by atomic mass is 10.1. The molecule has 3 N–H and O–H groups in total. The van der Waals surface area contributed by atoms with Crippen molar-refractivity contribution in [2.24, 2.45) is 0 Å². The van der Waals surface area contributed by atoms with Crippen LogP contribution < -0.4 is 0 Å². The van der Waals surface area contributed by atoms with E-state index in [4.69, 9.17) is 21.8 Å². The molecule has 0 spiro atoms. The number of hydrogen-bond donors (Lipinski definition) is 3. The number of nitrogens with zero attached hydrogens (tertiary/aromatic N) is 1. The number of aliphatic hydroxyl groups excluding tert-OH is 2. The molecule has 2 atom stereocenters. The number of aliphatic hydroxyl groups is 2. The molecule has 1 rings (SSSR count). The fourth-order valence-electron chi connectivity index (χ4n) is 0.915. The summed E-state index contributed by atoms with van der Waals surface area (Å²) in [5.41, 5.74) is -0.0729. The first-order valence-electron chi connectivity index (χ1n) is 3.83. The highest BCUT2D eigenvalue weighted by molar-refractivity contribution is 6.30. The molecule has 0 aliphatic carbocycles. The van der Waals surface area contributed by atoms with Gasteiger partial charge in [0, 0.05) is 11.8 Å². The molecule has 82 valence electrons. The predicted molar refractivity (Wildman–Crippen MR) is 47.8 cm³/mol. The van der Waals surface area contributed by atoms with E-state index in [-0.39, 0.29) is 10.6 Å². The van der Waals surface area contributed by atoms with Gasteiger partial charge in [0.1, 0.15) is 6.10 Å². The minimum absolute atomic E-state index is 0.0729. The summed E-state index contributed by atoms with van der Waals surface area (Å²) in [6.45, 7) is 0. The van der Waals surface area contributed by atoms with Gasteiger partial charge >= 0.3 is 5.97 Å². The molecular weight excluding hydrogens is 229 g/mol. The first kappa shape index (κ1) is 11.8. The first-order chi connectivity index (χ1) is 6.93. The molecular formula is C8H7ClFNO4. The van der Waals surface area contributed by atoms with Gasteiger partial charge in [-0.05, 0) is 6.07 Å². The van der Waals surface area contributed by atoms with Gasteiger partial charge in [0.25, 0.3) is 0 Å². The van der Waals surface area contributed by atoms with E-state index in [0.29, 0.717) is 0 Å². The van der Waals surface area contributed by atoms with Gasteiger partial charge in [0.15, 0.2) is 6.10 Å². The first-order valence-corrected chi connectivity index (χ1v) is 4.21. The number of aliphatic carboxylic acids is 1. The van der Waals surface area contributed by atoms with E-state index < -0.39 is 24.1 Å². The summed E-state index contributed by atoms with van der Waals surface area (Å²) in [6.07, 6.45) is -2.81. The Labute approximate surface area is 88.8 Å². The normalized spacial score (nSPS) is 14.7. The summed E-state index contributed by atoms with van der Waals surface area (Å²) < 4.78 is 12.6. The van der Waals surface area contributed by atoms with E-state index in [0.717, 1.165) is 12.3 Å². The van der Waals surface area contributed by atoms with Crippen LogP contribution in [-0.4, -0.2) is 32.4 Å². The molecule has 1 aromatic heterocycles. The van der Waals surface area contributed by atoms with Gasteiger partial charge in [-0.15, -0.1) is 0 Å². The number of halogens is 2. The Morgan fingerprint density at radius 3 is 2.60 bits per heavy atom. The number of rotatable bonds is 3. The molecule has 0 bridgehead atoms. The van der Waals surface area contributed by atoms with Gasteiger partial charge in [-0.2, -0.15) is 4.39 Å². The van der Waals surface area contributed by atoms with Crippen molar-refractivity contribution in [3.63, 3.8) is 0 Å². The van der Waals surface area contributed by atoms with Crippen LogP contribution in [0.2, 0.25) is 5.02 Å². The SMILES string of the molecule is O=C(O)C(O)C(O)c1cnc(F)c(Cl)c1. The maximum atomic E-state index is 12.6. The van der Waals surface area contributed by atoms with Crippen LogP contribution in [0.15, 0.2) is 12.3 Å². The number of aromatic nitrogens is 1. The average Bonchev–Trinajstić information content (AvgIpc) is 2.19. The van der Waals surface area contributed by atoms with Crippen molar-refractivity contribution >= 4 is 17.6 Å². The van der Waals surface area contributed by atoms with Gasteiger partial charge in [-0.25, -0.2) is 9.78 Å². The van der Waals surface area contributed by atoms with Crippen LogP contribution in [0, 0.1) is 5.95 Å². The van der Waals surface area contributed by atoms with Gasteiger partial charge in [-0.3, -0.25) is 0 Å². The number of pyridine rings is 1. The van der Waals surface area contributed by atoms with E-state index in [1.165, 1.54) is 0 Å². The Morgan fingerprint density at radius 1 is 1.53 bits per heavy atom. The second kappa shape index (κ2) is 4.52. The molecule has 0 aliphatic heterocycles. The average molecular weight is 236 g/mol. The van der Waals surface area contributed by atoms with Crippen LogP contribution in [-0.2, 0) is 4.79 Å². The van der Waals surface area contributed by atoms with Crippen LogP contribution in [0.3, 0.4) is 0 Å². The van der Waals surface area contributed by atoms with E-state index in [1.54, 1.807) is 0 Å². The van der Waals surface area contributed by atoms with E-state index in [9.17, 15) is 14.3 Å². The van der Waals surface area contributed by atoms with Gasteiger partial charge in [0.2, 0.25) is 5.95 Å². The van der Waals surface area contributed by atoms with Crippen molar-refractivity contribution in [2.75, 3.05) is 0 Å². The second-order valence-corrected chi connectivity index (χ2v) is 3.18. The third kappa shape index (κ3) is 2.62. The van der Waals surface area contributed by atoms with Crippen molar-refractivity contribution in [1.29, 1.82) is 0 Å². The molecule has 5 nitrogen and oxygen atoms in total. The highest BCUT2D eigenvalue weighted by Gasteiger charge is 2.25. The third-order valence-corrected chi connectivity index (χ3v) is 1.98. The molecule has 7 heteroatoms. The Kier molecular flexibility index (Phi) is 3.57. The second-order valence-electron chi connectivity index (χ2n) is 2.77. The highest BCUT2D eigenvalue weighted by Crippen LogP contribution is 2.21. The molecule has 1 heterocycles. The number of carbonyl (C=O) groups is 1. The van der Waals surface area contributed by atoms with Crippen molar-refractivity contribution in [1.82, 2.24) is 4.98 Å². The Hall–Kier alpha value is -1.24. The largest absolute Gasteiger partial charge is 0.479 e. The lowest BCUT2D eigenvalue weighted by Gasteiger charge is -2.13. The highest BCUT2D eigenvalue weighted by atomic mass is 35.5. The molecule has 0 aliphatic rings. The van der Waals surface area contributed by atoms with Crippen LogP contribution in [0.5, 0.6) is 0 Å². The molecule has 2 unspecified atom stereocenters. The molecule has 0 amide bonds. The Morgan fingerprint density at radius 2 is 2.13 bits per heavy atom. The summed E-state index contributed by atoms with van der Waals surface area (Å²) >= 11 is 5.36. The Balaban J connectivity index is 2.96. The predicted octanol–water partition coefficient (Wildman–Crippen LogP) is 0.353. The molecule has 0 saturated carbocycles. The smallest absolute Gasteiger partial charge is 0.335 e. The van der Waals surface area contributed by atoms with E-state index in [2.05, 4.69) is 4.98 Å². The zero-order valence-corrected chi connectivity index (χ0v) is 8.02. The summed E-state index contributed by atoms with van der Waals surface area (Å²) in [7, 11) is 0. The third-order valence-electron chi connectivity index (χ3n) is 1.71. The van der Waals surface area contributed by atoms with Crippen LogP contribution in [0.1, 0.15) is 11.7 Å². The summed E-state index contributed by atoms with van der Waals surface area (Å²) in [4.78, 5) is 13.5. The number of carboxylic acid groups (broad SMARTS) is 1. The monoisotopic (exact) mass is 235 g/mol. The summed E-state index contributed by atoms with van der Waals surface area (Å²) in [5.74, 6) is -2.53. The molecule has 0 aromatic carbocycles. The zero-order valence-electron chi connectivity index (χ0n) is 7.26. The fourth-order valence-corrected chi connectivity index (χ4v) is 1.09. The number of hydrogen-bond acceptors (Lipinski definition) is 4. The summed E-state index contributed by atoms with van der Waals surface area (Å²) in [6, 6.07) is 1.00. The zero-order chi connectivity index (χ0) is 11.6. The molecule has 0 radical (unpaired) electrons. The lowest BCUT2D eigenvalue weighted by Crippen LogP contribution is -2.27. The van der Waals surface area contributed by atoms with Gasteiger partial charge in [-0.1, -0.05) is 11.6 Å². The molecule has 15 heavy (non-hydrogen) atoms. The van der Waals surface area contributed by atoms with Crippen molar-refractivity contribution in [2.45, 2.75) is 12.2 Å². The van der Waals surface area contributed by atoms with E-state index in [1.807, 2.05) is 0 Å². The van der Waals surface area contributed by atoms with Crippen LogP contribution in [0.25, 0.3) is 0 Å². The quantitative estimate of drug-likeness (QED) is 0.658. The maximum Gasteiger partial charge on any atom is 0.335 e. The minimum Gasteiger partial charge on any atom is -0.479 e. The van der Waals surface area contributed by atoms with Crippen molar-refractivity contribution in [3.8, 4) is 0 Å². The van der Waals surface area contributed by atoms with Gasteiger partial charge in [0.05, 0.1) is 5.02 Å². The Bertz CT molecular complexity index is 387. The maximum absolute atomic E-state index is 12.6. The van der Waals surface area contributed by atoms with Crippen molar-refractivity contribution < 1.29 is 24.5 Å². The minimum atomic E-state index is -2.01. The van der Waals surface area contributed by atoms with Gasteiger partial charge < -0.3 is 15.3 Å². The standard InChI is InChI=1S/C8H7ClFNO4/c9-4-1-3(2-11-7(4)10)5(12)6(13)8(14)15/h1-2,5-6,12-13H,(H,14,15). The topological polar surface area (TPSA) is 90.7 Å². The molecule has 1 aromatic rings. The van der Waals surface area contributed by atoms with Crippen LogP contribution in [0.4, 0.5) is 4.39 Å². The van der Waals surface area contributed by atoms with Crippen molar-refractivity contribution in [3.05, 3.63) is 28.8 Å². The molecule has 0 fully saturated rings.